The summed E-state index contributed by atoms with van der Waals surface area (Å²) < 4.78 is 1.67. The molecule has 0 amide bonds. The molecule has 4 aromatic rings. The number of carbonyl (C=O) groups is 2. The number of fused-ring (bicyclic) bond motifs is 3. The van der Waals surface area contributed by atoms with Gasteiger partial charge in [0.15, 0.2) is 5.78 Å². The number of anilines is 1. The molecular weight excluding hydrogens is 372 g/mol. The largest absolute Gasteiger partial charge is 0.353 e. The molecule has 1 atom stereocenters. The maximum absolute atomic E-state index is 13.6. The van der Waals surface area contributed by atoms with Crippen LogP contribution in [0.4, 0.5) is 5.69 Å². The molecule has 0 fully saturated rings. The van der Waals surface area contributed by atoms with Crippen molar-refractivity contribution in [2.24, 2.45) is 0 Å². The van der Waals surface area contributed by atoms with E-state index in [1.165, 1.54) is 6.92 Å². The molecule has 0 spiro atoms. The second kappa shape index (κ2) is 7.16. The maximum atomic E-state index is 13.6. The zero-order valence-corrected chi connectivity index (χ0v) is 16.5. The molecular formula is C26H20N2O2. The van der Waals surface area contributed by atoms with Crippen LogP contribution in [0.25, 0.3) is 16.6 Å². The smallest absolute Gasteiger partial charge is 0.228 e. The average molecular weight is 392 g/mol. The summed E-state index contributed by atoms with van der Waals surface area (Å²) in [7, 11) is 0. The number of para-hydroxylation sites is 1. The van der Waals surface area contributed by atoms with Gasteiger partial charge >= 0.3 is 0 Å². The SMILES string of the molecule is CC(=O)n1c2c(c3ccccc31)NC(c1ccccc1)=CC2C(=O)c1ccccc1. The van der Waals surface area contributed by atoms with Crippen LogP contribution in [0.3, 0.4) is 0 Å². The summed E-state index contributed by atoms with van der Waals surface area (Å²) in [5, 5.41) is 4.43. The van der Waals surface area contributed by atoms with Crippen LogP contribution in [-0.2, 0) is 0 Å². The number of Topliss-reactive ketones (excluding diaryl/α,β-unsaturated/α-hetero) is 1. The molecule has 0 radical (unpaired) electrons. The Bertz CT molecular complexity index is 1300. The molecule has 1 aliphatic rings. The average Bonchev–Trinajstić information content (AvgIpc) is 3.14. The predicted octanol–water partition coefficient (Wildman–Crippen LogP) is 5.73. The van der Waals surface area contributed by atoms with Crippen molar-refractivity contribution >= 4 is 34.0 Å². The minimum Gasteiger partial charge on any atom is -0.353 e. The van der Waals surface area contributed by atoms with E-state index in [2.05, 4.69) is 5.32 Å². The molecule has 2 heterocycles. The minimum atomic E-state index is -0.574. The molecule has 0 aliphatic carbocycles. The molecule has 0 saturated heterocycles. The van der Waals surface area contributed by atoms with E-state index < -0.39 is 5.92 Å². The Kier molecular flexibility index (Phi) is 4.32. The highest BCUT2D eigenvalue weighted by atomic mass is 16.2. The summed E-state index contributed by atoms with van der Waals surface area (Å²) in [6, 6.07) is 26.9. The third kappa shape index (κ3) is 2.85. The van der Waals surface area contributed by atoms with Gasteiger partial charge < -0.3 is 5.32 Å². The fraction of sp³-hybridized carbons (Fsp3) is 0.0769. The molecule has 5 rings (SSSR count). The normalized spacial score (nSPS) is 15.2. The van der Waals surface area contributed by atoms with Gasteiger partial charge in [0, 0.05) is 23.6 Å². The van der Waals surface area contributed by atoms with Gasteiger partial charge in [-0.1, -0.05) is 78.9 Å². The Balaban J connectivity index is 1.78. The Labute approximate surface area is 174 Å². The summed E-state index contributed by atoms with van der Waals surface area (Å²) in [5.74, 6) is -0.719. The van der Waals surface area contributed by atoms with E-state index in [1.807, 2.05) is 91.0 Å². The number of nitrogens with zero attached hydrogens (tertiary/aromatic N) is 1. The van der Waals surface area contributed by atoms with Crippen molar-refractivity contribution in [1.29, 1.82) is 0 Å². The van der Waals surface area contributed by atoms with Gasteiger partial charge in [0.1, 0.15) is 0 Å². The Morgan fingerprint density at radius 1 is 0.833 bits per heavy atom. The fourth-order valence-electron chi connectivity index (χ4n) is 4.21. The number of benzene rings is 3. The van der Waals surface area contributed by atoms with E-state index in [-0.39, 0.29) is 11.7 Å². The minimum absolute atomic E-state index is 0.0305. The van der Waals surface area contributed by atoms with E-state index in [4.69, 9.17) is 0 Å². The zero-order chi connectivity index (χ0) is 20.7. The molecule has 0 saturated carbocycles. The summed E-state index contributed by atoms with van der Waals surface area (Å²) in [6.07, 6.45) is 1.94. The van der Waals surface area contributed by atoms with E-state index in [0.29, 0.717) is 11.3 Å². The van der Waals surface area contributed by atoms with Crippen LogP contribution in [0.5, 0.6) is 0 Å². The van der Waals surface area contributed by atoms with Crippen molar-refractivity contribution < 1.29 is 9.59 Å². The standard InChI is InChI=1S/C26H20N2O2/c1-17(29)28-23-15-9-8-14-20(23)24-25(28)21(26(30)19-12-6-3-7-13-19)16-22(27-24)18-10-4-2-5-11-18/h2-16,21,27H,1H3. The van der Waals surface area contributed by atoms with Crippen molar-refractivity contribution in [1.82, 2.24) is 4.57 Å². The van der Waals surface area contributed by atoms with Crippen molar-refractivity contribution in [2.75, 3.05) is 5.32 Å². The van der Waals surface area contributed by atoms with Crippen LogP contribution >= 0.6 is 0 Å². The molecule has 0 bridgehead atoms. The van der Waals surface area contributed by atoms with Gasteiger partial charge in [0.05, 0.1) is 22.8 Å². The lowest BCUT2D eigenvalue weighted by atomic mass is 9.89. The predicted molar refractivity (Wildman–Crippen MR) is 120 cm³/mol. The number of carbonyl (C=O) groups excluding carboxylic acids is 2. The molecule has 1 aromatic heterocycles. The van der Waals surface area contributed by atoms with Crippen molar-refractivity contribution in [3.63, 3.8) is 0 Å². The number of rotatable bonds is 3. The summed E-state index contributed by atoms with van der Waals surface area (Å²) in [6.45, 7) is 1.53. The quantitative estimate of drug-likeness (QED) is 0.453. The molecule has 146 valence electrons. The Morgan fingerprint density at radius 2 is 1.47 bits per heavy atom. The van der Waals surface area contributed by atoms with E-state index in [1.54, 1.807) is 4.57 Å². The highest BCUT2D eigenvalue weighted by Crippen LogP contribution is 2.43. The summed E-state index contributed by atoms with van der Waals surface area (Å²) in [5.41, 5.74) is 4.79. The Hall–Kier alpha value is -3.92. The lowest BCUT2D eigenvalue weighted by Crippen LogP contribution is -2.23. The summed E-state index contributed by atoms with van der Waals surface area (Å²) in [4.78, 5) is 26.2. The molecule has 3 aromatic carbocycles. The second-order valence-corrected chi connectivity index (χ2v) is 7.41. The lowest BCUT2D eigenvalue weighted by molar-refractivity contribution is 0.0933. The van der Waals surface area contributed by atoms with Crippen molar-refractivity contribution in [3.05, 3.63) is 108 Å². The second-order valence-electron chi connectivity index (χ2n) is 7.41. The maximum Gasteiger partial charge on any atom is 0.228 e. The lowest BCUT2D eigenvalue weighted by Gasteiger charge is -2.25. The van der Waals surface area contributed by atoms with E-state index >= 15 is 0 Å². The number of nitrogens with one attached hydrogen (secondary N) is 1. The molecule has 30 heavy (non-hydrogen) atoms. The van der Waals surface area contributed by atoms with Gasteiger partial charge in [-0.05, 0) is 17.7 Å². The molecule has 1 N–H and O–H groups in total. The van der Waals surface area contributed by atoms with Crippen LogP contribution in [0.2, 0.25) is 0 Å². The number of ketones is 1. The Morgan fingerprint density at radius 3 is 2.17 bits per heavy atom. The topological polar surface area (TPSA) is 51.1 Å². The monoisotopic (exact) mass is 392 g/mol. The molecule has 1 aliphatic heterocycles. The third-order valence-electron chi connectivity index (χ3n) is 5.54. The first-order chi connectivity index (χ1) is 14.6. The number of hydrogen-bond acceptors (Lipinski definition) is 3. The summed E-state index contributed by atoms with van der Waals surface area (Å²) >= 11 is 0. The van der Waals surface area contributed by atoms with Gasteiger partial charge in [-0.25, -0.2) is 0 Å². The number of allylic oxidation sites excluding steroid dienone is 1. The highest BCUT2D eigenvalue weighted by Gasteiger charge is 2.34. The van der Waals surface area contributed by atoms with Crippen molar-refractivity contribution in [2.45, 2.75) is 12.8 Å². The molecule has 4 nitrogen and oxygen atoms in total. The van der Waals surface area contributed by atoms with Crippen LogP contribution < -0.4 is 5.32 Å². The number of hydrogen-bond donors (Lipinski definition) is 1. The van der Waals surface area contributed by atoms with Gasteiger partial charge in [-0.2, -0.15) is 0 Å². The third-order valence-corrected chi connectivity index (χ3v) is 5.54. The van der Waals surface area contributed by atoms with Gasteiger partial charge in [0.2, 0.25) is 5.91 Å². The first-order valence-corrected chi connectivity index (χ1v) is 9.93. The fourth-order valence-corrected chi connectivity index (χ4v) is 4.21. The van der Waals surface area contributed by atoms with E-state index in [0.717, 1.165) is 27.9 Å². The molecule has 1 unspecified atom stereocenters. The highest BCUT2D eigenvalue weighted by molar-refractivity contribution is 6.11. The first-order valence-electron chi connectivity index (χ1n) is 9.93. The van der Waals surface area contributed by atoms with E-state index in [9.17, 15) is 9.59 Å². The van der Waals surface area contributed by atoms with Gasteiger partial charge in [-0.15, -0.1) is 0 Å². The zero-order valence-electron chi connectivity index (χ0n) is 16.5. The number of aromatic nitrogens is 1. The van der Waals surface area contributed by atoms with Crippen LogP contribution in [0, 0.1) is 0 Å². The molecule has 4 heteroatoms. The first kappa shape index (κ1) is 18.1. The van der Waals surface area contributed by atoms with Crippen LogP contribution in [0.15, 0.2) is 91.0 Å². The van der Waals surface area contributed by atoms with Crippen LogP contribution in [0.1, 0.15) is 39.3 Å². The van der Waals surface area contributed by atoms with Gasteiger partial charge in [-0.3, -0.25) is 14.2 Å². The van der Waals surface area contributed by atoms with Crippen LogP contribution in [-0.4, -0.2) is 16.3 Å². The van der Waals surface area contributed by atoms with Gasteiger partial charge in [0.25, 0.3) is 0 Å². The van der Waals surface area contributed by atoms with Crippen molar-refractivity contribution in [3.8, 4) is 0 Å².